The van der Waals surface area contributed by atoms with Crippen LogP contribution >= 0.6 is 0 Å². The van der Waals surface area contributed by atoms with E-state index in [1.807, 2.05) is 37.3 Å². The predicted octanol–water partition coefficient (Wildman–Crippen LogP) is -0.687. The van der Waals surface area contributed by atoms with Crippen molar-refractivity contribution >= 4 is 5.97 Å². The van der Waals surface area contributed by atoms with Gasteiger partial charge in [0, 0.05) is 0 Å². The van der Waals surface area contributed by atoms with E-state index in [4.69, 9.17) is 5.26 Å². The van der Waals surface area contributed by atoms with Gasteiger partial charge in [-0.15, -0.1) is 0 Å². The summed E-state index contributed by atoms with van der Waals surface area (Å²) in [5, 5.41) is 8.25. The molecule has 4 heteroatoms. The van der Waals surface area contributed by atoms with Crippen LogP contribution in [0.2, 0.25) is 0 Å². The Balaban J connectivity index is 0. The van der Waals surface area contributed by atoms with Crippen molar-refractivity contribution in [2.75, 3.05) is 0 Å². The molecule has 0 aliphatic carbocycles. The van der Waals surface area contributed by atoms with E-state index < -0.39 is 5.97 Å². The van der Waals surface area contributed by atoms with E-state index in [1.165, 1.54) is 0 Å². The Morgan fingerprint density at radius 3 is 2.50 bits per heavy atom. The van der Waals surface area contributed by atoms with Crippen LogP contribution in [0.3, 0.4) is 0 Å². The normalized spacial score (nSPS) is 11.3. The molecule has 72 valence electrons. The van der Waals surface area contributed by atoms with Gasteiger partial charge in [-0.3, -0.25) is 0 Å². The minimum absolute atomic E-state index is 0. The molecule has 0 spiro atoms. The molecular weight excluding hydrogens is 191 g/mol. The zero-order chi connectivity index (χ0) is 9.68. The number of benzene rings is 1. The van der Waals surface area contributed by atoms with Crippen LogP contribution in [-0.2, 0) is 9.68 Å². The van der Waals surface area contributed by atoms with Gasteiger partial charge in [0.25, 0.3) is 0 Å². The van der Waals surface area contributed by atoms with Crippen molar-refractivity contribution in [2.45, 2.75) is 19.3 Å². The summed E-state index contributed by atoms with van der Waals surface area (Å²) < 4.78 is 0. The van der Waals surface area contributed by atoms with E-state index in [-0.39, 0.29) is 36.9 Å². The van der Waals surface area contributed by atoms with Gasteiger partial charge >= 0.3 is 35.5 Å². The molecule has 1 aromatic carbocycles. The Labute approximate surface area is 107 Å². The standard InChI is InChI=1S/C10H12O3.Na.H/c1-2-9(10(11)13-12)8-6-4-3-5-7-8;;/h3-7,9,12H,2H2,1H3;;/q;+1;-1. The maximum Gasteiger partial charge on any atom is 1.00 e. The molecule has 1 rings (SSSR count). The molecule has 0 amide bonds. The average Bonchev–Trinajstić information content (AvgIpc) is 2.20. The van der Waals surface area contributed by atoms with Crippen LogP contribution in [0.15, 0.2) is 30.3 Å². The first-order valence-electron chi connectivity index (χ1n) is 4.19. The van der Waals surface area contributed by atoms with Gasteiger partial charge in [0.1, 0.15) is 0 Å². The zero-order valence-corrected chi connectivity index (χ0v) is 10.4. The molecule has 0 radical (unpaired) electrons. The summed E-state index contributed by atoms with van der Waals surface area (Å²) in [6.07, 6.45) is 0.614. The molecule has 0 aromatic heterocycles. The van der Waals surface area contributed by atoms with Crippen LogP contribution < -0.4 is 29.6 Å². The van der Waals surface area contributed by atoms with Gasteiger partial charge in [-0.05, 0) is 12.0 Å². The van der Waals surface area contributed by atoms with Crippen molar-refractivity contribution in [3.63, 3.8) is 0 Å². The zero-order valence-electron chi connectivity index (χ0n) is 9.43. The van der Waals surface area contributed by atoms with Crippen molar-refractivity contribution in [3.05, 3.63) is 35.9 Å². The summed E-state index contributed by atoms with van der Waals surface area (Å²) >= 11 is 0. The molecule has 3 nitrogen and oxygen atoms in total. The van der Waals surface area contributed by atoms with Gasteiger partial charge in [0.2, 0.25) is 0 Å². The summed E-state index contributed by atoms with van der Waals surface area (Å²) in [6.45, 7) is 1.87. The smallest absolute Gasteiger partial charge is 1.00 e. The van der Waals surface area contributed by atoms with Crippen LogP contribution in [0.1, 0.15) is 26.3 Å². The summed E-state index contributed by atoms with van der Waals surface area (Å²) in [7, 11) is 0. The van der Waals surface area contributed by atoms with Gasteiger partial charge in [-0.1, -0.05) is 37.3 Å². The van der Waals surface area contributed by atoms with Crippen LogP contribution in [-0.4, -0.2) is 11.2 Å². The first kappa shape index (κ1) is 13.7. The topological polar surface area (TPSA) is 46.5 Å². The molecule has 0 fully saturated rings. The van der Waals surface area contributed by atoms with E-state index in [0.29, 0.717) is 6.42 Å². The third-order valence-electron chi connectivity index (χ3n) is 1.98. The maximum atomic E-state index is 11.1. The fourth-order valence-electron chi connectivity index (χ4n) is 1.29. The fraction of sp³-hybridized carbons (Fsp3) is 0.300. The molecule has 0 aliphatic rings. The van der Waals surface area contributed by atoms with Crippen molar-refractivity contribution in [3.8, 4) is 0 Å². The minimum atomic E-state index is -0.603. The van der Waals surface area contributed by atoms with Gasteiger partial charge in [-0.25, -0.2) is 4.79 Å². The van der Waals surface area contributed by atoms with Crippen molar-refractivity contribution < 1.29 is 45.9 Å². The van der Waals surface area contributed by atoms with E-state index >= 15 is 0 Å². The molecule has 1 unspecified atom stereocenters. The Bertz CT molecular complexity index is 279. The Morgan fingerprint density at radius 2 is 2.07 bits per heavy atom. The van der Waals surface area contributed by atoms with E-state index in [9.17, 15) is 4.79 Å². The molecular formula is C10H13NaO3. The van der Waals surface area contributed by atoms with Crippen molar-refractivity contribution in [1.82, 2.24) is 0 Å². The van der Waals surface area contributed by atoms with Crippen LogP contribution in [0.25, 0.3) is 0 Å². The van der Waals surface area contributed by atoms with Crippen molar-refractivity contribution in [2.24, 2.45) is 0 Å². The first-order valence-corrected chi connectivity index (χ1v) is 4.19. The van der Waals surface area contributed by atoms with Crippen LogP contribution in [0.5, 0.6) is 0 Å². The number of hydrogen-bond acceptors (Lipinski definition) is 3. The van der Waals surface area contributed by atoms with Gasteiger partial charge < -0.3 is 6.31 Å². The second kappa shape index (κ2) is 7.01. The van der Waals surface area contributed by atoms with E-state index in [0.717, 1.165) is 5.56 Å². The van der Waals surface area contributed by atoms with Gasteiger partial charge in [0.15, 0.2) is 0 Å². The maximum absolute atomic E-state index is 11.1. The number of carbonyl (C=O) groups excluding carboxylic acids is 1. The molecule has 0 bridgehead atoms. The average molecular weight is 204 g/mol. The quantitative estimate of drug-likeness (QED) is 0.403. The molecule has 1 atom stereocenters. The molecule has 1 aromatic rings. The molecule has 0 aliphatic heterocycles. The van der Waals surface area contributed by atoms with E-state index in [1.54, 1.807) is 0 Å². The number of hydrogen-bond donors (Lipinski definition) is 1. The first-order chi connectivity index (χ1) is 6.29. The fourth-order valence-corrected chi connectivity index (χ4v) is 1.29. The molecule has 0 saturated carbocycles. The Morgan fingerprint density at radius 1 is 1.50 bits per heavy atom. The Kier molecular flexibility index (Phi) is 6.83. The van der Waals surface area contributed by atoms with E-state index in [2.05, 4.69) is 4.89 Å². The third kappa shape index (κ3) is 3.42. The summed E-state index contributed by atoms with van der Waals surface area (Å²) in [5.41, 5.74) is 0.865. The monoisotopic (exact) mass is 204 g/mol. The largest absolute Gasteiger partial charge is 1.00 e. The SMILES string of the molecule is CCC(C(=O)OO)c1ccccc1.[H-].[Na+]. The predicted molar refractivity (Wildman–Crippen MR) is 49.3 cm³/mol. The minimum Gasteiger partial charge on any atom is -1.00 e. The second-order valence-electron chi connectivity index (χ2n) is 2.78. The second-order valence-corrected chi connectivity index (χ2v) is 2.78. The third-order valence-corrected chi connectivity index (χ3v) is 1.98. The summed E-state index contributed by atoms with van der Waals surface area (Å²) in [4.78, 5) is 14.8. The Hall–Kier alpha value is -0.350. The molecule has 14 heavy (non-hydrogen) atoms. The number of rotatable bonds is 3. The number of carbonyl (C=O) groups is 1. The van der Waals surface area contributed by atoms with Crippen molar-refractivity contribution in [1.29, 1.82) is 0 Å². The van der Waals surface area contributed by atoms with Crippen LogP contribution in [0, 0.1) is 0 Å². The van der Waals surface area contributed by atoms with Crippen LogP contribution in [0.4, 0.5) is 0 Å². The molecule has 1 N–H and O–H groups in total. The summed E-state index contributed by atoms with van der Waals surface area (Å²) in [5.74, 6) is -0.972. The molecule has 0 saturated heterocycles. The molecule has 0 heterocycles. The van der Waals surface area contributed by atoms with Gasteiger partial charge in [0.05, 0.1) is 5.92 Å². The van der Waals surface area contributed by atoms with Gasteiger partial charge in [-0.2, -0.15) is 5.26 Å². The summed E-state index contributed by atoms with van der Waals surface area (Å²) in [6, 6.07) is 9.25.